The number of hydrogen-bond donors (Lipinski definition) is 3. The van der Waals surface area contributed by atoms with Crippen LogP contribution in [0.1, 0.15) is 27.2 Å². The minimum absolute atomic E-state index is 0.0335. The van der Waals surface area contributed by atoms with Gasteiger partial charge in [-0.15, -0.1) is 12.3 Å². The van der Waals surface area contributed by atoms with E-state index in [1.807, 2.05) is 13.8 Å². The molecule has 16 heavy (non-hydrogen) atoms. The number of rotatable bonds is 5. The first kappa shape index (κ1) is 14.5. The van der Waals surface area contributed by atoms with E-state index < -0.39 is 18.0 Å². The lowest BCUT2D eigenvalue weighted by Crippen LogP contribution is -2.51. The zero-order valence-corrected chi connectivity index (χ0v) is 9.91. The average molecular weight is 225 g/mol. The Morgan fingerprint density at radius 3 is 2.25 bits per heavy atom. The van der Waals surface area contributed by atoms with Crippen molar-refractivity contribution in [1.29, 1.82) is 0 Å². The Morgan fingerprint density at radius 1 is 1.25 bits per heavy atom. The maximum Gasteiger partial charge on any atom is 0.242 e. The minimum Gasteiger partial charge on any atom is -0.352 e. The SMILES string of the molecule is C#CCC(N)C(=O)NC(C)C(=O)NC(C)C. The molecule has 0 rings (SSSR count). The smallest absolute Gasteiger partial charge is 0.242 e. The number of nitrogens with two attached hydrogens (primary N) is 1. The van der Waals surface area contributed by atoms with Gasteiger partial charge < -0.3 is 16.4 Å². The second kappa shape index (κ2) is 6.85. The summed E-state index contributed by atoms with van der Waals surface area (Å²) in [5.74, 6) is 1.64. The summed E-state index contributed by atoms with van der Waals surface area (Å²) in [6.45, 7) is 5.28. The highest BCUT2D eigenvalue weighted by Gasteiger charge is 2.19. The first-order valence-corrected chi connectivity index (χ1v) is 5.18. The molecule has 4 N–H and O–H groups in total. The van der Waals surface area contributed by atoms with E-state index >= 15 is 0 Å². The quantitative estimate of drug-likeness (QED) is 0.544. The fraction of sp³-hybridized carbons (Fsp3) is 0.636. The Balaban J connectivity index is 4.14. The highest BCUT2D eigenvalue weighted by atomic mass is 16.2. The number of carbonyl (C=O) groups is 2. The Morgan fingerprint density at radius 2 is 1.81 bits per heavy atom. The van der Waals surface area contributed by atoms with Crippen molar-refractivity contribution in [3.63, 3.8) is 0 Å². The lowest BCUT2D eigenvalue weighted by atomic mass is 10.2. The second-order valence-corrected chi connectivity index (χ2v) is 3.91. The van der Waals surface area contributed by atoms with E-state index in [4.69, 9.17) is 12.2 Å². The van der Waals surface area contributed by atoms with Gasteiger partial charge in [0.2, 0.25) is 11.8 Å². The third-order valence-electron chi connectivity index (χ3n) is 1.86. The van der Waals surface area contributed by atoms with Gasteiger partial charge in [-0.2, -0.15) is 0 Å². The maximum absolute atomic E-state index is 11.5. The van der Waals surface area contributed by atoms with Gasteiger partial charge >= 0.3 is 0 Å². The number of hydrogen-bond acceptors (Lipinski definition) is 3. The van der Waals surface area contributed by atoms with Crippen LogP contribution in [0.5, 0.6) is 0 Å². The van der Waals surface area contributed by atoms with Gasteiger partial charge in [0.05, 0.1) is 6.04 Å². The van der Waals surface area contributed by atoms with Crippen molar-refractivity contribution in [3.8, 4) is 12.3 Å². The monoisotopic (exact) mass is 225 g/mol. The summed E-state index contributed by atoms with van der Waals surface area (Å²) in [5.41, 5.74) is 5.49. The molecule has 0 saturated carbocycles. The van der Waals surface area contributed by atoms with E-state index in [0.29, 0.717) is 0 Å². The lowest BCUT2D eigenvalue weighted by molar-refractivity contribution is -0.129. The average Bonchev–Trinajstić information content (AvgIpc) is 2.16. The van der Waals surface area contributed by atoms with Crippen LogP contribution in [0.4, 0.5) is 0 Å². The van der Waals surface area contributed by atoms with Gasteiger partial charge in [-0.05, 0) is 20.8 Å². The summed E-state index contributed by atoms with van der Waals surface area (Å²) in [4.78, 5) is 22.9. The molecule has 0 aromatic carbocycles. The largest absolute Gasteiger partial charge is 0.352 e. The molecule has 5 heteroatoms. The summed E-state index contributed by atoms with van der Waals surface area (Å²) in [7, 11) is 0. The zero-order valence-electron chi connectivity index (χ0n) is 9.91. The molecule has 0 aliphatic carbocycles. The molecule has 0 bridgehead atoms. The minimum atomic E-state index is -0.765. The number of amides is 2. The molecule has 0 aliphatic heterocycles. The fourth-order valence-electron chi connectivity index (χ4n) is 1.02. The summed E-state index contributed by atoms with van der Waals surface area (Å²) in [6.07, 6.45) is 5.19. The molecular formula is C11H19N3O2. The number of terminal acetylenes is 1. The van der Waals surface area contributed by atoms with Crippen LogP contribution in [-0.4, -0.2) is 29.9 Å². The zero-order chi connectivity index (χ0) is 12.7. The Hall–Kier alpha value is -1.54. The molecule has 0 aromatic rings. The van der Waals surface area contributed by atoms with Gasteiger partial charge in [0, 0.05) is 12.5 Å². The second-order valence-electron chi connectivity index (χ2n) is 3.91. The molecule has 2 amide bonds. The first-order valence-electron chi connectivity index (χ1n) is 5.18. The summed E-state index contributed by atoms with van der Waals surface area (Å²) >= 11 is 0. The Kier molecular flexibility index (Phi) is 6.19. The van der Waals surface area contributed by atoms with E-state index in [9.17, 15) is 9.59 Å². The van der Waals surface area contributed by atoms with E-state index in [1.54, 1.807) is 6.92 Å². The molecule has 0 spiro atoms. The van der Waals surface area contributed by atoms with Crippen molar-refractivity contribution in [3.05, 3.63) is 0 Å². The summed E-state index contributed by atoms with van der Waals surface area (Å²) in [5, 5.41) is 5.18. The molecule has 2 atom stereocenters. The van der Waals surface area contributed by atoms with Crippen molar-refractivity contribution in [2.24, 2.45) is 5.73 Å². The first-order chi connectivity index (χ1) is 7.38. The van der Waals surface area contributed by atoms with E-state index in [2.05, 4.69) is 16.6 Å². The van der Waals surface area contributed by atoms with Crippen LogP contribution >= 0.6 is 0 Å². The van der Waals surface area contributed by atoms with Crippen LogP contribution in [0.15, 0.2) is 0 Å². The molecule has 0 aromatic heterocycles. The lowest BCUT2D eigenvalue weighted by Gasteiger charge is -2.17. The van der Waals surface area contributed by atoms with Gasteiger partial charge in [-0.1, -0.05) is 0 Å². The van der Waals surface area contributed by atoms with Crippen LogP contribution in [0.25, 0.3) is 0 Å². The van der Waals surface area contributed by atoms with Crippen molar-refractivity contribution in [2.45, 2.75) is 45.3 Å². The van der Waals surface area contributed by atoms with E-state index in [1.165, 1.54) is 0 Å². The van der Waals surface area contributed by atoms with Crippen molar-refractivity contribution < 1.29 is 9.59 Å². The fourth-order valence-corrected chi connectivity index (χ4v) is 1.02. The predicted octanol–water partition coefficient (Wildman–Crippen LogP) is -0.634. The topological polar surface area (TPSA) is 84.2 Å². The van der Waals surface area contributed by atoms with Gasteiger partial charge in [-0.3, -0.25) is 9.59 Å². The van der Waals surface area contributed by atoms with Crippen LogP contribution in [0.2, 0.25) is 0 Å². The molecule has 0 fully saturated rings. The summed E-state index contributed by atoms with van der Waals surface area (Å²) in [6, 6.07) is -1.34. The van der Waals surface area contributed by atoms with Crippen molar-refractivity contribution in [2.75, 3.05) is 0 Å². The van der Waals surface area contributed by atoms with Crippen molar-refractivity contribution >= 4 is 11.8 Å². The van der Waals surface area contributed by atoms with Gasteiger partial charge in [0.15, 0.2) is 0 Å². The van der Waals surface area contributed by atoms with E-state index in [0.717, 1.165) is 0 Å². The van der Waals surface area contributed by atoms with Crippen LogP contribution < -0.4 is 16.4 Å². The maximum atomic E-state index is 11.5. The molecule has 0 aliphatic rings. The molecule has 0 radical (unpaired) electrons. The Labute approximate surface area is 96.2 Å². The number of carbonyl (C=O) groups excluding carboxylic acids is 2. The molecule has 0 heterocycles. The summed E-state index contributed by atoms with van der Waals surface area (Å²) < 4.78 is 0. The van der Waals surface area contributed by atoms with Crippen molar-refractivity contribution in [1.82, 2.24) is 10.6 Å². The molecule has 0 saturated heterocycles. The third kappa shape index (κ3) is 5.37. The van der Waals surface area contributed by atoms with Gasteiger partial charge in [-0.25, -0.2) is 0 Å². The predicted molar refractivity (Wildman–Crippen MR) is 62.3 cm³/mol. The van der Waals surface area contributed by atoms with Gasteiger partial charge in [0.1, 0.15) is 6.04 Å². The van der Waals surface area contributed by atoms with E-state index in [-0.39, 0.29) is 18.4 Å². The highest BCUT2D eigenvalue weighted by Crippen LogP contribution is 1.90. The standard InChI is InChI=1S/C11H19N3O2/c1-5-6-9(12)11(16)14-8(4)10(15)13-7(2)3/h1,7-9H,6,12H2,2-4H3,(H,13,15)(H,14,16). The Bertz CT molecular complexity index is 294. The molecular weight excluding hydrogens is 206 g/mol. The van der Waals surface area contributed by atoms with Crippen LogP contribution in [-0.2, 0) is 9.59 Å². The van der Waals surface area contributed by atoms with Gasteiger partial charge in [0.25, 0.3) is 0 Å². The number of nitrogens with one attached hydrogen (secondary N) is 2. The molecule has 2 unspecified atom stereocenters. The van der Waals surface area contributed by atoms with Crippen LogP contribution in [0.3, 0.4) is 0 Å². The molecule has 5 nitrogen and oxygen atoms in total. The molecule has 90 valence electrons. The third-order valence-corrected chi connectivity index (χ3v) is 1.86. The highest BCUT2D eigenvalue weighted by molar-refractivity contribution is 5.89. The van der Waals surface area contributed by atoms with Crippen LogP contribution in [0, 0.1) is 12.3 Å². The normalized spacial score (nSPS) is 13.8.